The van der Waals surface area contributed by atoms with Gasteiger partial charge in [0.25, 0.3) is 0 Å². The number of nitrogens with zero attached hydrogens (tertiary/aromatic N) is 5. The van der Waals surface area contributed by atoms with Crippen LogP contribution in [0.5, 0.6) is 0 Å². The molecule has 0 bridgehead atoms. The van der Waals surface area contributed by atoms with Crippen molar-refractivity contribution in [2.24, 2.45) is 0 Å². The summed E-state index contributed by atoms with van der Waals surface area (Å²) in [6, 6.07) is 8.19. The minimum atomic E-state index is -1.08. The van der Waals surface area contributed by atoms with E-state index in [4.69, 9.17) is 4.74 Å². The number of fused-ring (bicyclic) bond motifs is 1. The number of pyridine rings is 1. The van der Waals surface area contributed by atoms with E-state index in [1.54, 1.807) is 25.6 Å². The molecule has 10 heteroatoms. The number of anilines is 4. The fraction of sp³-hybridized carbons (Fsp3) is 0.500. The zero-order valence-corrected chi connectivity index (χ0v) is 22.0. The lowest BCUT2D eigenvalue weighted by molar-refractivity contribution is 0.0194. The number of aromatic nitrogens is 3. The highest BCUT2D eigenvalue weighted by atomic mass is 32.2. The van der Waals surface area contributed by atoms with Crippen molar-refractivity contribution in [3.05, 3.63) is 42.2 Å². The van der Waals surface area contributed by atoms with E-state index in [-0.39, 0.29) is 17.9 Å². The van der Waals surface area contributed by atoms with Gasteiger partial charge in [-0.3, -0.25) is 4.21 Å². The second-order valence-electron chi connectivity index (χ2n) is 9.86. The fourth-order valence-electron chi connectivity index (χ4n) is 4.97. The minimum Gasteiger partial charge on any atom is -0.378 e. The Labute approximate surface area is 213 Å². The summed E-state index contributed by atoms with van der Waals surface area (Å²) in [4.78, 5) is 17.8. The first-order valence-corrected chi connectivity index (χ1v) is 14.0. The third-order valence-electron chi connectivity index (χ3n) is 7.16. The van der Waals surface area contributed by atoms with Gasteiger partial charge in [0, 0.05) is 67.3 Å². The molecule has 36 heavy (non-hydrogen) atoms. The summed E-state index contributed by atoms with van der Waals surface area (Å²) in [5.74, 6) is 2.13. The monoisotopic (exact) mass is 512 g/mol. The topological polar surface area (TPSA) is 83.5 Å². The van der Waals surface area contributed by atoms with E-state index >= 15 is 0 Å². The van der Waals surface area contributed by atoms with Gasteiger partial charge in [-0.2, -0.15) is 4.98 Å². The summed E-state index contributed by atoms with van der Waals surface area (Å²) < 4.78 is 31.4. The first-order valence-electron chi connectivity index (χ1n) is 12.4. The normalized spacial score (nSPS) is 21.6. The van der Waals surface area contributed by atoms with Gasteiger partial charge in [0.05, 0.1) is 17.9 Å². The van der Waals surface area contributed by atoms with Crippen LogP contribution in [0.4, 0.5) is 27.7 Å². The van der Waals surface area contributed by atoms with Crippen molar-refractivity contribution in [2.75, 3.05) is 54.7 Å². The number of benzene rings is 1. The minimum absolute atomic E-state index is 0.208. The average Bonchev–Trinajstić information content (AvgIpc) is 2.82. The molecule has 4 heterocycles. The molecule has 1 N–H and O–H groups in total. The van der Waals surface area contributed by atoms with Crippen LogP contribution >= 0.6 is 0 Å². The summed E-state index contributed by atoms with van der Waals surface area (Å²) in [6.45, 7) is 6.81. The number of alkyl halides is 1. The van der Waals surface area contributed by atoms with Gasteiger partial charge in [0.1, 0.15) is 17.8 Å². The Hall–Kier alpha value is -2.85. The van der Waals surface area contributed by atoms with Crippen LogP contribution in [0.3, 0.4) is 0 Å². The number of hydrogen-bond acceptors (Lipinski definition) is 8. The van der Waals surface area contributed by atoms with E-state index < -0.39 is 17.0 Å². The summed E-state index contributed by atoms with van der Waals surface area (Å²) in [7, 11) is 0.739. The van der Waals surface area contributed by atoms with Crippen LogP contribution in [-0.4, -0.2) is 76.2 Å². The van der Waals surface area contributed by atoms with Crippen molar-refractivity contribution in [1.82, 2.24) is 15.0 Å². The molecule has 2 fully saturated rings. The first kappa shape index (κ1) is 24.8. The van der Waals surface area contributed by atoms with Crippen LogP contribution < -0.4 is 15.1 Å². The smallest absolute Gasteiger partial charge is 0.227 e. The van der Waals surface area contributed by atoms with Gasteiger partial charge >= 0.3 is 0 Å². The van der Waals surface area contributed by atoms with Gasteiger partial charge in [-0.25, -0.2) is 14.4 Å². The number of halogens is 1. The van der Waals surface area contributed by atoms with E-state index in [9.17, 15) is 8.60 Å². The van der Waals surface area contributed by atoms with Gasteiger partial charge in [-0.15, -0.1) is 0 Å². The molecule has 5 rings (SSSR count). The van der Waals surface area contributed by atoms with Crippen molar-refractivity contribution in [1.29, 1.82) is 0 Å². The maximum absolute atomic E-state index is 14.4. The molecule has 192 valence electrons. The molecular formula is C26H33FN6O2S. The molecule has 2 aliphatic heterocycles. The highest BCUT2D eigenvalue weighted by Crippen LogP contribution is 2.36. The molecule has 0 aliphatic carbocycles. The molecule has 2 aliphatic rings. The maximum atomic E-state index is 14.4. The summed E-state index contributed by atoms with van der Waals surface area (Å²) in [5, 5.41) is 5.76. The van der Waals surface area contributed by atoms with E-state index in [2.05, 4.69) is 57.2 Å². The molecule has 2 saturated heterocycles. The molecule has 0 saturated carbocycles. The Morgan fingerprint density at radius 3 is 2.61 bits per heavy atom. The Morgan fingerprint density at radius 2 is 1.92 bits per heavy atom. The average molecular weight is 513 g/mol. The van der Waals surface area contributed by atoms with Crippen LogP contribution in [0, 0.1) is 0 Å². The number of methoxy groups -OCH3 is 1. The van der Waals surface area contributed by atoms with E-state index in [0.717, 1.165) is 29.5 Å². The van der Waals surface area contributed by atoms with Crippen LogP contribution in [0.1, 0.15) is 31.7 Å². The van der Waals surface area contributed by atoms with Crippen LogP contribution in [0.25, 0.3) is 10.8 Å². The highest BCUT2D eigenvalue weighted by Gasteiger charge is 2.32. The molecule has 2 aromatic heterocycles. The van der Waals surface area contributed by atoms with Crippen LogP contribution in [-0.2, 0) is 15.5 Å². The molecule has 3 atom stereocenters. The Kier molecular flexibility index (Phi) is 7.07. The van der Waals surface area contributed by atoms with Gasteiger partial charge in [0.15, 0.2) is 0 Å². The molecule has 0 radical (unpaired) electrons. The lowest BCUT2D eigenvalue weighted by Crippen LogP contribution is -2.52. The van der Waals surface area contributed by atoms with Gasteiger partial charge in [0.2, 0.25) is 5.95 Å². The maximum Gasteiger partial charge on any atom is 0.227 e. The molecular weight excluding hydrogens is 479 g/mol. The van der Waals surface area contributed by atoms with Crippen LogP contribution in [0.15, 0.2) is 36.7 Å². The van der Waals surface area contributed by atoms with Gasteiger partial charge in [-0.05, 0) is 41.5 Å². The first-order chi connectivity index (χ1) is 17.3. The number of piperidine rings is 1. The summed E-state index contributed by atoms with van der Waals surface area (Å²) >= 11 is 0. The molecule has 8 nitrogen and oxygen atoms in total. The zero-order chi connectivity index (χ0) is 25.4. The predicted octanol–water partition coefficient (Wildman–Crippen LogP) is 4.02. The van der Waals surface area contributed by atoms with Gasteiger partial charge in [-0.1, -0.05) is 19.9 Å². The standard InChI is InChI=1S/C26H33FN6O2S/c1-16(2)18-5-6-22(33-13-17(14-33)36(4)34)20-12-29-25(11-19(18)20)30-24-7-9-28-26(31-24)32-10-8-23(35-3)21(27)15-32/h5-7,9,11-12,16-17,21,23H,8,10,13-15H2,1-4H3,(H,28,29,30,31)/t21-,23+,36?/m0/s1. The van der Waals surface area contributed by atoms with E-state index in [1.165, 1.54) is 5.56 Å². The fourth-order valence-corrected chi connectivity index (χ4v) is 5.75. The predicted molar refractivity (Wildman–Crippen MR) is 144 cm³/mol. The molecule has 3 aromatic rings. The van der Waals surface area contributed by atoms with Crippen LogP contribution in [0.2, 0.25) is 0 Å². The van der Waals surface area contributed by atoms with Crippen molar-refractivity contribution >= 4 is 44.8 Å². The van der Waals surface area contributed by atoms with Crippen molar-refractivity contribution in [3.63, 3.8) is 0 Å². The number of nitrogens with one attached hydrogen (secondary N) is 1. The quantitative estimate of drug-likeness (QED) is 0.508. The Bertz CT molecular complexity index is 1270. The van der Waals surface area contributed by atoms with E-state index in [1.807, 2.05) is 11.1 Å². The van der Waals surface area contributed by atoms with Crippen molar-refractivity contribution < 1.29 is 13.3 Å². The highest BCUT2D eigenvalue weighted by molar-refractivity contribution is 7.85. The molecule has 1 unspecified atom stereocenters. The number of hydrogen-bond donors (Lipinski definition) is 1. The largest absolute Gasteiger partial charge is 0.378 e. The molecule has 1 aromatic carbocycles. The number of rotatable bonds is 7. The lowest BCUT2D eigenvalue weighted by atomic mass is 9.95. The Morgan fingerprint density at radius 1 is 1.11 bits per heavy atom. The third-order valence-corrected chi connectivity index (χ3v) is 8.40. The second-order valence-corrected chi connectivity index (χ2v) is 11.5. The SMILES string of the molecule is CO[C@@H]1CCN(c2nccc(Nc3cc4c(C(C)C)ccc(N5CC(S(C)=O)C5)c4cn3)n2)C[C@@H]1F. The van der Waals surface area contributed by atoms with Crippen molar-refractivity contribution in [3.8, 4) is 0 Å². The lowest BCUT2D eigenvalue weighted by Gasteiger charge is -2.40. The summed E-state index contributed by atoms with van der Waals surface area (Å²) in [5.41, 5.74) is 2.37. The van der Waals surface area contributed by atoms with Gasteiger partial charge < -0.3 is 19.9 Å². The summed E-state index contributed by atoms with van der Waals surface area (Å²) in [6.07, 6.45) is 4.50. The van der Waals surface area contributed by atoms with Crippen molar-refractivity contribution in [2.45, 2.75) is 43.7 Å². The molecule has 0 amide bonds. The third kappa shape index (κ3) is 4.88. The molecule has 0 spiro atoms. The number of ether oxygens (including phenoxy) is 1. The Balaban J connectivity index is 1.40. The van der Waals surface area contributed by atoms with E-state index in [0.29, 0.717) is 36.5 Å². The second kappa shape index (κ2) is 10.3. The zero-order valence-electron chi connectivity index (χ0n) is 21.1.